The van der Waals surface area contributed by atoms with Crippen LogP contribution >= 0.6 is 0 Å². The van der Waals surface area contributed by atoms with E-state index in [-0.39, 0.29) is 6.61 Å². The lowest BCUT2D eigenvalue weighted by molar-refractivity contribution is 0.124. The molecule has 3 aromatic rings. The molecule has 0 atom stereocenters. The predicted octanol–water partition coefficient (Wildman–Crippen LogP) is 2.95. The number of rotatable bonds is 5. The van der Waals surface area contributed by atoms with Crippen LogP contribution in [0.3, 0.4) is 0 Å². The normalized spacial score (nSPS) is 11.4. The molecule has 114 valence electrons. The number of benzene rings is 1. The fraction of sp³-hybridized carbons (Fsp3) is 0.312. The molecule has 2 heterocycles. The third kappa shape index (κ3) is 2.36. The minimum absolute atomic E-state index is 0.263. The van der Waals surface area contributed by atoms with Crippen molar-refractivity contribution in [3.8, 4) is 0 Å². The van der Waals surface area contributed by atoms with Gasteiger partial charge in [-0.1, -0.05) is 32.0 Å². The molecule has 0 aliphatic rings. The number of aromatic nitrogens is 3. The minimum Gasteiger partial charge on any atom is -0.388 e. The Bertz CT molecular complexity index is 837. The van der Waals surface area contributed by atoms with Crippen LogP contribution in [0.4, 0.5) is 5.82 Å². The summed E-state index contributed by atoms with van der Waals surface area (Å²) in [4.78, 5) is 14.2. The number of pyridine rings is 1. The van der Waals surface area contributed by atoms with E-state index in [1.54, 1.807) is 0 Å². The Kier molecular flexibility index (Phi) is 3.66. The largest absolute Gasteiger partial charge is 0.388 e. The first-order valence-electron chi connectivity index (χ1n) is 7.23. The average molecular weight is 297 g/mol. The lowest BCUT2D eigenvalue weighted by atomic mass is 10.1. The second-order valence-corrected chi connectivity index (χ2v) is 5.65. The Morgan fingerprint density at radius 3 is 2.82 bits per heavy atom. The monoisotopic (exact) mass is 297 g/mol. The third-order valence-electron chi connectivity index (χ3n) is 3.52. The predicted molar refractivity (Wildman–Crippen MR) is 88.6 cm³/mol. The van der Waals surface area contributed by atoms with Crippen molar-refractivity contribution in [2.24, 2.45) is 11.1 Å². The number of para-hydroxylation sites is 1. The molecule has 0 bridgehead atoms. The summed E-state index contributed by atoms with van der Waals surface area (Å²) in [7, 11) is 0. The van der Waals surface area contributed by atoms with Crippen LogP contribution in [0.1, 0.15) is 19.7 Å². The molecular weight excluding hydrogens is 278 g/mol. The van der Waals surface area contributed by atoms with Crippen LogP contribution in [0.25, 0.3) is 21.9 Å². The van der Waals surface area contributed by atoms with Gasteiger partial charge >= 0.3 is 0 Å². The molecule has 3 rings (SSSR count). The summed E-state index contributed by atoms with van der Waals surface area (Å²) in [6.45, 7) is 8.75. The summed E-state index contributed by atoms with van der Waals surface area (Å²) in [6, 6.07) is 7.95. The fourth-order valence-electron chi connectivity index (χ4n) is 2.68. The molecule has 6 nitrogen and oxygen atoms in total. The molecule has 0 fully saturated rings. The summed E-state index contributed by atoms with van der Waals surface area (Å²) in [5.74, 6) is 1.67. The topological polar surface area (TPSA) is 78.3 Å². The summed E-state index contributed by atoms with van der Waals surface area (Å²) >= 11 is 0. The lowest BCUT2D eigenvalue weighted by Gasteiger charge is -2.12. The molecule has 6 heteroatoms. The van der Waals surface area contributed by atoms with Gasteiger partial charge in [-0.25, -0.2) is 9.97 Å². The maximum absolute atomic E-state index is 6.10. The van der Waals surface area contributed by atoms with Crippen molar-refractivity contribution >= 4 is 34.5 Å². The standard InChI is InChI=1S/C16H19N5O/c1-10(2)8-21-13(9-22-18-3)20-14-15(21)11-6-4-5-7-12(11)19-16(14)17/h4-7,10H,3,8-9H2,1-2H3,(H2,17,19). The van der Waals surface area contributed by atoms with Gasteiger partial charge in [-0.2, -0.15) is 0 Å². The van der Waals surface area contributed by atoms with Gasteiger partial charge in [-0.05, 0) is 12.0 Å². The molecule has 1 aromatic carbocycles. The van der Waals surface area contributed by atoms with E-state index in [1.165, 1.54) is 0 Å². The lowest BCUT2D eigenvalue weighted by Crippen LogP contribution is -2.09. The van der Waals surface area contributed by atoms with Crippen LogP contribution < -0.4 is 5.73 Å². The second kappa shape index (κ2) is 5.63. The van der Waals surface area contributed by atoms with Crippen molar-refractivity contribution in [1.29, 1.82) is 0 Å². The van der Waals surface area contributed by atoms with Crippen molar-refractivity contribution in [2.45, 2.75) is 27.0 Å². The van der Waals surface area contributed by atoms with Gasteiger partial charge < -0.3 is 15.1 Å². The molecule has 0 aliphatic carbocycles. The van der Waals surface area contributed by atoms with Crippen molar-refractivity contribution in [2.75, 3.05) is 5.73 Å². The molecular formula is C16H19N5O. The van der Waals surface area contributed by atoms with Gasteiger partial charge in [0.25, 0.3) is 0 Å². The smallest absolute Gasteiger partial charge is 0.174 e. The van der Waals surface area contributed by atoms with Crippen molar-refractivity contribution in [3.63, 3.8) is 0 Å². The summed E-state index contributed by atoms with van der Waals surface area (Å²) in [5, 5.41) is 4.50. The highest BCUT2D eigenvalue weighted by atomic mass is 16.6. The number of hydrogen-bond donors (Lipinski definition) is 1. The van der Waals surface area contributed by atoms with Crippen LogP contribution in [0, 0.1) is 5.92 Å². The average Bonchev–Trinajstić information content (AvgIpc) is 2.84. The van der Waals surface area contributed by atoms with Gasteiger partial charge in [0.15, 0.2) is 18.2 Å². The maximum Gasteiger partial charge on any atom is 0.174 e. The first-order valence-corrected chi connectivity index (χ1v) is 7.23. The SMILES string of the molecule is C=NOCc1nc2c(N)nc3ccccc3c2n1CC(C)C. The van der Waals surface area contributed by atoms with Gasteiger partial charge in [-0.3, -0.25) is 0 Å². The van der Waals surface area contributed by atoms with E-state index in [4.69, 9.17) is 10.6 Å². The van der Waals surface area contributed by atoms with Crippen LogP contribution in [0.5, 0.6) is 0 Å². The molecule has 0 radical (unpaired) electrons. The van der Waals surface area contributed by atoms with Crippen LogP contribution in [0.15, 0.2) is 29.4 Å². The molecule has 2 aromatic heterocycles. The second-order valence-electron chi connectivity index (χ2n) is 5.65. The molecule has 0 aliphatic heterocycles. The fourth-order valence-corrected chi connectivity index (χ4v) is 2.68. The number of nitrogens with zero attached hydrogens (tertiary/aromatic N) is 4. The maximum atomic E-state index is 6.10. The number of nitrogen functional groups attached to an aromatic ring is 1. The Balaban J connectivity index is 2.34. The van der Waals surface area contributed by atoms with Crippen LogP contribution in [-0.4, -0.2) is 21.3 Å². The van der Waals surface area contributed by atoms with E-state index in [1.807, 2.05) is 24.3 Å². The zero-order valence-electron chi connectivity index (χ0n) is 12.8. The Morgan fingerprint density at radius 2 is 2.09 bits per heavy atom. The van der Waals surface area contributed by atoms with E-state index >= 15 is 0 Å². The third-order valence-corrected chi connectivity index (χ3v) is 3.52. The van der Waals surface area contributed by atoms with E-state index in [9.17, 15) is 0 Å². The van der Waals surface area contributed by atoms with Gasteiger partial charge in [0.1, 0.15) is 5.52 Å². The van der Waals surface area contributed by atoms with Crippen molar-refractivity contribution < 1.29 is 4.84 Å². The van der Waals surface area contributed by atoms with Crippen LogP contribution in [-0.2, 0) is 18.0 Å². The molecule has 0 saturated heterocycles. The Labute approximate surface area is 128 Å². The number of hydrogen-bond acceptors (Lipinski definition) is 5. The number of fused-ring (bicyclic) bond motifs is 3. The zero-order chi connectivity index (χ0) is 15.7. The van der Waals surface area contributed by atoms with Gasteiger partial charge in [0.2, 0.25) is 0 Å². The molecule has 22 heavy (non-hydrogen) atoms. The van der Waals surface area contributed by atoms with E-state index < -0.39 is 0 Å². The summed E-state index contributed by atoms with van der Waals surface area (Å²) in [5.41, 5.74) is 8.68. The minimum atomic E-state index is 0.263. The highest BCUT2D eigenvalue weighted by Crippen LogP contribution is 2.29. The van der Waals surface area contributed by atoms with Crippen LogP contribution in [0.2, 0.25) is 0 Å². The van der Waals surface area contributed by atoms with Gasteiger partial charge in [0.05, 0.1) is 11.0 Å². The van der Waals surface area contributed by atoms with E-state index in [2.05, 4.69) is 40.3 Å². The van der Waals surface area contributed by atoms with E-state index in [0.29, 0.717) is 17.3 Å². The number of nitrogens with two attached hydrogens (primary N) is 1. The molecule has 2 N–H and O–H groups in total. The van der Waals surface area contributed by atoms with E-state index in [0.717, 1.165) is 28.8 Å². The number of oxime groups is 1. The quantitative estimate of drug-likeness (QED) is 0.580. The number of anilines is 1. The first-order chi connectivity index (χ1) is 10.6. The van der Waals surface area contributed by atoms with Crippen molar-refractivity contribution in [1.82, 2.24) is 14.5 Å². The molecule has 0 unspecified atom stereocenters. The first kappa shape index (κ1) is 14.3. The molecule has 0 amide bonds. The van der Waals surface area contributed by atoms with Gasteiger partial charge in [0, 0.05) is 18.6 Å². The van der Waals surface area contributed by atoms with Gasteiger partial charge in [-0.15, -0.1) is 5.16 Å². The highest BCUT2D eigenvalue weighted by molar-refractivity contribution is 6.06. The number of imidazole rings is 1. The summed E-state index contributed by atoms with van der Waals surface area (Å²) < 4.78 is 2.14. The molecule has 0 saturated carbocycles. The summed E-state index contributed by atoms with van der Waals surface area (Å²) in [6.07, 6.45) is 0. The molecule has 0 spiro atoms. The van der Waals surface area contributed by atoms with Crippen molar-refractivity contribution in [3.05, 3.63) is 30.1 Å². The Hall–Kier alpha value is -2.63. The Morgan fingerprint density at radius 1 is 1.32 bits per heavy atom. The zero-order valence-corrected chi connectivity index (χ0v) is 12.8. The highest BCUT2D eigenvalue weighted by Gasteiger charge is 2.18.